The van der Waals surface area contributed by atoms with Crippen molar-refractivity contribution in [3.63, 3.8) is 0 Å². The van der Waals surface area contributed by atoms with E-state index in [2.05, 4.69) is 15.1 Å². The van der Waals surface area contributed by atoms with Crippen LogP contribution in [-0.4, -0.2) is 42.5 Å². The highest BCUT2D eigenvalue weighted by Crippen LogP contribution is 2.40. The van der Waals surface area contributed by atoms with E-state index in [1.54, 1.807) is 18.2 Å². The number of carbonyl (C=O) groups is 1. The van der Waals surface area contributed by atoms with Gasteiger partial charge in [0.1, 0.15) is 5.82 Å². The summed E-state index contributed by atoms with van der Waals surface area (Å²) in [5.74, 6) is -1.05. The Labute approximate surface area is 196 Å². The summed E-state index contributed by atoms with van der Waals surface area (Å²) in [5, 5.41) is 2.92. The van der Waals surface area contributed by atoms with E-state index in [0.29, 0.717) is 23.7 Å². The maximum absolute atomic E-state index is 13.5. The van der Waals surface area contributed by atoms with Gasteiger partial charge < -0.3 is 10.2 Å². The van der Waals surface area contributed by atoms with Crippen molar-refractivity contribution in [2.24, 2.45) is 5.92 Å². The molecule has 2 heterocycles. The van der Waals surface area contributed by atoms with Crippen LogP contribution in [0.3, 0.4) is 0 Å². The summed E-state index contributed by atoms with van der Waals surface area (Å²) in [4.78, 5) is 18.0. The van der Waals surface area contributed by atoms with Gasteiger partial charge in [-0.05, 0) is 60.7 Å². The molecule has 0 radical (unpaired) electrons. The molecule has 1 aliphatic carbocycles. The molecule has 1 amide bonds. The third kappa shape index (κ3) is 4.65. The van der Waals surface area contributed by atoms with Gasteiger partial charge in [-0.3, -0.25) is 9.69 Å². The van der Waals surface area contributed by atoms with E-state index in [1.807, 2.05) is 0 Å². The van der Waals surface area contributed by atoms with Crippen LogP contribution in [0.1, 0.15) is 42.4 Å². The predicted molar refractivity (Wildman–Crippen MR) is 122 cm³/mol. The Morgan fingerprint density at radius 1 is 1.06 bits per heavy atom. The van der Waals surface area contributed by atoms with Crippen LogP contribution in [-0.2, 0) is 23.9 Å². The zero-order chi connectivity index (χ0) is 23.9. The van der Waals surface area contributed by atoms with Crippen molar-refractivity contribution in [3.05, 3.63) is 65.0 Å². The Hall–Kier alpha value is -2.61. The van der Waals surface area contributed by atoms with E-state index in [1.165, 1.54) is 31.0 Å². The first-order chi connectivity index (χ1) is 16.3. The van der Waals surface area contributed by atoms with Crippen molar-refractivity contribution >= 4 is 11.6 Å². The summed E-state index contributed by atoms with van der Waals surface area (Å²) in [5.41, 5.74) is 1.33. The van der Waals surface area contributed by atoms with Gasteiger partial charge in [-0.15, -0.1) is 0 Å². The molecule has 4 nitrogen and oxygen atoms in total. The first kappa shape index (κ1) is 23.1. The summed E-state index contributed by atoms with van der Waals surface area (Å²) >= 11 is 0. The number of amides is 1. The molecule has 34 heavy (non-hydrogen) atoms. The van der Waals surface area contributed by atoms with Gasteiger partial charge in [0.2, 0.25) is 5.91 Å². The maximum Gasteiger partial charge on any atom is 0.416 e. The Kier molecular flexibility index (Phi) is 6.27. The highest BCUT2D eigenvalue weighted by molar-refractivity contribution is 5.82. The second-order valence-corrected chi connectivity index (χ2v) is 9.69. The molecule has 2 aliphatic heterocycles. The quantitative estimate of drug-likeness (QED) is 0.648. The monoisotopic (exact) mass is 475 g/mol. The standard InChI is InChI=1S/C26H29F4N3O/c27-20-5-3-4-17(12-20)15-31-25(34)22-14-18-13-19(26(28,29)30)8-9-23(18)33-11-10-32(16-24(22)33)21-6-1-2-7-21/h3-5,8-9,12-13,21-22,24H,1-2,6-7,10-11,14-16H2,(H,31,34)/t22-,24+/m0/s1. The van der Waals surface area contributed by atoms with Crippen molar-refractivity contribution in [3.8, 4) is 0 Å². The second-order valence-electron chi connectivity index (χ2n) is 9.69. The number of fused-ring (bicyclic) bond motifs is 3. The molecule has 0 aromatic heterocycles. The van der Waals surface area contributed by atoms with Gasteiger partial charge in [-0.25, -0.2) is 4.39 Å². The highest BCUT2D eigenvalue weighted by atomic mass is 19.4. The summed E-state index contributed by atoms with van der Waals surface area (Å²) in [6.45, 7) is 2.44. The summed E-state index contributed by atoms with van der Waals surface area (Å²) in [7, 11) is 0. The van der Waals surface area contributed by atoms with E-state index in [4.69, 9.17) is 0 Å². The SMILES string of the molecule is O=C(NCc1cccc(F)c1)[C@H]1Cc2cc(C(F)(F)F)ccc2N2CCN(C3CCCC3)C[C@H]12. The zero-order valence-corrected chi connectivity index (χ0v) is 19.0. The first-order valence-corrected chi connectivity index (χ1v) is 12.0. The molecule has 0 bridgehead atoms. The van der Waals surface area contributed by atoms with Crippen LogP contribution in [0.4, 0.5) is 23.2 Å². The molecule has 0 unspecified atom stereocenters. The number of benzene rings is 2. The average molecular weight is 476 g/mol. The van der Waals surface area contributed by atoms with E-state index in [-0.39, 0.29) is 30.7 Å². The van der Waals surface area contributed by atoms with Gasteiger partial charge >= 0.3 is 6.18 Å². The van der Waals surface area contributed by atoms with Gasteiger partial charge in [-0.1, -0.05) is 25.0 Å². The lowest BCUT2D eigenvalue weighted by Crippen LogP contribution is -2.62. The Morgan fingerprint density at radius 3 is 2.59 bits per heavy atom. The van der Waals surface area contributed by atoms with Crippen molar-refractivity contribution in [2.45, 2.75) is 56.9 Å². The number of anilines is 1. The Morgan fingerprint density at radius 2 is 1.85 bits per heavy atom. The number of nitrogens with zero attached hydrogens (tertiary/aromatic N) is 2. The fourth-order valence-electron chi connectivity index (χ4n) is 5.89. The molecule has 8 heteroatoms. The molecular weight excluding hydrogens is 446 g/mol. The number of carbonyl (C=O) groups excluding carboxylic acids is 1. The van der Waals surface area contributed by atoms with Crippen LogP contribution < -0.4 is 10.2 Å². The Bertz CT molecular complexity index is 1050. The van der Waals surface area contributed by atoms with Crippen LogP contribution in [0, 0.1) is 11.7 Å². The summed E-state index contributed by atoms with van der Waals surface area (Å²) in [6.07, 6.45) is 0.589. The topological polar surface area (TPSA) is 35.6 Å². The van der Waals surface area contributed by atoms with Gasteiger partial charge in [0.25, 0.3) is 0 Å². The maximum atomic E-state index is 13.5. The van der Waals surface area contributed by atoms with Crippen molar-refractivity contribution in [1.29, 1.82) is 0 Å². The Balaban J connectivity index is 1.41. The smallest absolute Gasteiger partial charge is 0.365 e. The average Bonchev–Trinajstić information content (AvgIpc) is 3.36. The lowest BCUT2D eigenvalue weighted by Gasteiger charge is -2.50. The predicted octanol–water partition coefficient (Wildman–Crippen LogP) is 4.77. The van der Waals surface area contributed by atoms with E-state index >= 15 is 0 Å². The van der Waals surface area contributed by atoms with Crippen molar-refractivity contribution in [1.82, 2.24) is 10.2 Å². The molecule has 1 N–H and O–H groups in total. The number of rotatable bonds is 4. The molecule has 2 fully saturated rings. The molecule has 2 aromatic rings. The number of halogens is 4. The summed E-state index contributed by atoms with van der Waals surface area (Å²) in [6, 6.07) is 10.4. The largest absolute Gasteiger partial charge is 0.416 e. The number of piperazine rings is 1. The minimum atomic E-state index is -4.43. The van der Waals surface area contributed by atoms with Crippen LogP contribution in [0.2, 0.25) is 0 Å². The van der Waals surface area contributed by atoms with Crippen LogP contribution in [0.5, 0.6) is 0 Å². The molecule has 5 rings (SSSR count). The number of hydrogen-bond donors (Lipinski definition) is 1. The molecule has 2 atom stereocenters. The molecule has 1 saturated heterocycles. The highest BCUT2D eigenvalue weighted by Gasteiger charge is 2.43. The first-order valence-electron chi connectivity index (χ1n) is 12.0. The number of alkyl halides is 3. The van der Waals surface area contributed by atoms with E-state index < -0.39 is 17.7 Å². The fraction of sp³-hybridized carbons (Fsp3) is 0.500. The van der Waals surface area contributed by atoms with Crippen molar-refractivity contribution in [2.75, 3.05) is 24.5 Å². The lowest BCUT2D eigenvalue weighted by molar-refractivity contribution is -0.137. The van der Waals surface area contributed by atoms with Crippen LogP contribution >= 0.6 is 0 Å². The molecule has 1 saturated carbocycles. The van der Waals surface area contributed by atoms with E-state index in [9.17, 15) is 22.4 Å². The number of hydrogen-bond acceptors (Lipinski definition) is 3. The van der Waals surface area contributed by atoms with Gasteiger partial charge in [-0.2, -0.15) is 13.2 Å². The van der Waals surface area contributed by atoms with Gasteiger partial charge in [0, 0.05) is 37.9 Å². The van der Waals surface area contributed by atoms with Crippen LogP contribution in [0.25, 0.3) is 0 Å². The molecule has 0 spiro atoms. The fourth-order valence-corrected chi connectivity index (χ4v) is 5.89. The van der Waals surface area contributed by atoms with Crippen molar-refractivity contribution < 1.29 is 22.4 Å². The minimum absolute atomic E-state index is 0.105. The van der Waals surface area contributed by atoms with Gasteiger partial charge in [0.05, 0.1) is 17.5 Å². The molecule has 2 aromatic carbocycles. The third-order valence-electron chi connectivity index (χ3n) is 7.60. The third-order valence-corrected chi connectivity index (χ3v) is 7.60. The summed E-state index contributed by atoms with van der Waals surface area (Å²) < 4.78 is 53.7. The zero-order valence-electron chi connectivity index (χ0n) is 19.0. The molecule has 182 valence electrons. The normalized spacial score (nSPS) is 23.5. The van der Waals surface area contributed by atoms with E-state index in [0.717, 1.165) is 37.7 Å². The van der Waals surface area contributed by atoms with Gasteiger partial charge in [0.15, 0.2) is 0 Å². The minimum Gasteiger partial charge on any atom is -0.365 e. The molecule has 3 aliphatic rings. The van der Waals surface area contributed by atoms with Crippen LogP contribution in [0.15, 0.2) is 42.5 Å². The second kappa shape index (κ2) is 9.21. The number of nitrogens with one attached hydrogen (secondary N) is 1. The molecular formula is C26H29F4N3O. The lowest BCUT2D eigenvalue weighted by atomic mass is 9.82.